The van der Waals surface area contributed by atoms with Crippen molar-refractivity contribution >= 4 is 17.7 Å². The average Bonchev–Trinajstić information content (AvgIpc) is 2.73. The van der Waals surface area contributed by atoms with Crippen molar-refractivity contribution in [2.45, 2.75) is 71.4 Å². The Bertz CT molecular complexity index is 828. The molecule has 0 saturated carbocycles. The van der Waals surface area contributed by atoms with Crippen LogP contribution in [0.25, 0.3) is 0 Å². The minimum atomic E-state index is -0.812. The van der Waals surface area contributed by atoms with Gasteiger partial charge in [0.15, 0.2) is 0 Å². The van der Waals surface area contributed by atoms with Crippen LogP contribution in [0.5, 0.6) is 0 Å². The van der Waals surface area contributed by atoms with Gasteiger partial charge in [0.1, 0.15) is 12.1 Å². The van der Waals surface area contributed by atoms with E-state index in [0.29, 0.717) is 19.3 Å². The molecule has 6 nitrogen and oxygen atoms in total. The van der Waals surface area contributed by atoms with Gasteiger partial charge in [-0.2, -0.15) is 0 Å². The normalized spacial score (nSPS) is 15.5. The van der Waals surface area contributed by atoms with Gasteiger partial charge in [-0.25, -0.2) is 0 Å². The maximum Gasteiger partial charge on any atom is 0.243 e. The van der Waals surface area contributed by atoms with Gasteiger partial charge in [-0.3, -0.25) is 14.4 Å². The zero-order chi connectivity index (χ0) is 22.9. The van der Waals surface area contributed by atoms with Crippen molar-refractivity contribution in [3.8, 4) is 0 Å². The second kappa shape index (κ2) is 11.5. The Morgan fingerprint density at radius 2 is 1.77 bits per heavy atom. The van der Waals surface area contributed by atoms with Crippen LogP contribution in [0.1, 0.15) is 58.4 Å². The Labute approximate surface area is 185 Å². The zero-order valence-electron chi connectivity index (χ0n) is 18.8. The predicted octanol–water partition coefficient (Wildman–Crippen LogP) is 3.18. The lowest BCUT2D eigenvalue weighted by Gasteiger charge is -2.26. The Balaban J connectivity index is 2.13. The van der Waals surface area contributed by atoms with E-state index in [9.17, 15) is 14.4 Å². The van der Waals surface area contributed by atoms with Gasteiger partial charge in [-0.1, -0.05) is 81.3 Å². The molecule has 0 radical (unpaired) electrons. The highest BCUT2D eigenvalue weighted by Crippen LogP contribution is 2.24. The molecule has 2 rings (SSSR count). The van der Waals surface area contributed by atoms with Crippen LogP contribution >= 0.6 is 0 Å². The number of primary amides is 1. The number of rotatable bonds is 11. The van der Waals surface area contributed by atoms with E-state index in [1.54, 1.807) is 0 Å². The molecule has 1 aliphatic carbocycles. The molecule has 0 aromatic heterocycles. The van der Waals surface area contributed by atoms with Crippen molar-refractivity contribution in [3.63, 3.8) is 0 Å². The summed E-state index contributed by atoms with van der Waals surface area (Å²) >= 11 is 0. The second-order valence-corrected chi connectivity index (χ2v) is 8.96. The standard InChI is InChI=1S/C25H35N3O3/c1-4-25(2,3)17-22(29)27-21(16-19-13-9-6-10-14-19)24(31)28-20(23(26)30)15-18-11-7-5-8-12-18/h5-7,9-11,13-14,20-21H,4,8,12,15-17H2,1-3H3,(H2,26,30)(H,27,29)(H,28,31)/t20-,21-/m0/s1. The van der Waals surface area contributed by atoms with Crippen molar-refractivity contribution in [1.82, 2.24) is 10.6 Å². The summed E-state index contributed by atoms with van der Waals surface area (Å²) < 4.78 is 0. The molecule has 4 N–H and O–H groups in total. The van der Waals surface area contributed by atoms with Crippen LogP contribution in [0.4, 0.5) is 0 Å². The Kier molecular flexibility index (Phi) is 9.03. The van der Waals surface area contributed by atoms with Gasteiger partial charge in [0.25, 0.3) is 0 Å². The number of hydrogen-bond donors (Lipinski definition) is 3. The molecular weight excluding hydrogens is 390 g/mol. The van der Waals surface area contributed by atoms with E-state index in [-0.39, 0.29) is 11.3 Å². The third-order valence-electron chi connectivity index (χ3n) is 5.76. The molecule has 0 unspecified atom stereocenters. The molecule has 1 aromatic rings. The van der Waals surface area contributed by atoms with E-state index in [1.807, 2.05) is 63.3 Å². The van der Waals surface area contributed by atoms with Crippen molar-refractivity contribution < 1.29 is 14.4 Å². The number of amides is 3. The monoisotopic (exact) mass is 425 g/mol. The number of benzene rings is 1. The highest BCUT2D eigenvalue weighted by Gasteiger charge is 2.28. The Hall–Kier alpha value is -2.89. The lowest BCUT2D eigenvalue weighted by Crippen LogP contribution is -2.54. The summed E-state index contributed by atoms with van der Waals surface area (Å²) in [5, 5.41) is 5.65. The SMILES string of the molecule is CCC(C)(C)CC(=O)N[C@@H](Cc1ccccc1)C(=O)N[C@@H](CC1=CC=CCC1)C(N)=O. The van der Waals surface area contributed by atoms with E-state index in [2.05, 4.69) is 16.7 Å². The topological polar surface area (TPSA) is 101 Å². The summed E-state index contributed by atoms with van der Waals surface area (Å²) in [6.07, 6.45) is 9.60. The number of carbonyl (C=O) groups is 3. The Morgan fingerprint density at radius 3 is 2.35 bits per heavy atom. The molecule has 31 heavy (non-hydrogen) atoms. The van der Waals surface area contributed by atoms with Gasteiger partial charge < -0.3 is 16.4 Å². The molecule has 0 fully saturated rings. The molecular formula is C25H35N3O3. The summed E-state index contributed by atoms with van der Waals surface area (Å²) in [6, 6.07) is 7.90. The fourth-order valence-corrected chi connectivity index (χ4v) is 3.44. The fourth-order valence-electron chi connectivity index (χ4n) is 3.44. The number of nitrogens with two attached hydrogens (primary N) is 1. The maximum absolute atomic E-state index is 13.1. The number of hydrogen-bond acceptors (Lipinski definition) is 3. The first-order valence-corrected chi connectivity index (χ1v) is 11.0. The highest BCUT2D eigenvalue weighted by molar-refractivity contribution is 5.92. The van der Waals surface area contributed by atoms with Gasteiger partial charge in [-0.05, 0) is 30.2 Å². The van der Waals surface area contributed by atoms with E-state index in [1.165, 1.54) is 0 Å². The summed E-state index contributed by atoms with van der Waals surface area (Å²) in [4.78, 5) is 37.8. The number of carbonyl (C=O) groups excluding carboxylic acids is 3. The lowest BCUT2D eigenvalue weighted by atomic mass is 9.86. The molecule has 168 valence electrons. The van der Waals surface area contributed by atoms with E-state index >= 15 is 0 Å². The predicted molar refractivity (Wildman–Crippen MR) is 123 cm³/mol. The van der Waals surface area contributed by atoms with Gasteiger partial charge in [0.2, 0.25) is 17.7 Å². The third kappa shape index (κ3) is 8.40. The van der Waals surface area contributed by atoms with Crippen LogP contribution in [0, 0.1) is 5.41 Å². The number of nitrogens with one attached hydrogen (secondary N) is 2. The summed E-state index contributed by atoms with van der Waals surface area (Å²) in [5.41, 5.74) is 7.41. The second-order valence-electron chi connectivity index (χ2n) is 8.96. The molecule has 1 aliphatic rings. The molecule has 2 atom stereocenters. The molecule has 0 saturated heterocycles. The Morgan fingerprint density at radius 1 is 1.06 bits per heavy atom. The van der Waals surface area contributed by atoms with Crippen LogP contribution < -0.4 is 16.4 Å². The van der Waals surface area contributed by atoms with Gasteiger partial charge >= 0.3 is 0 Å². The molecule has 0 spiro atoms. The van der Waals surface area contributed by atoms with Crippen molar-refractivity contribution in [2.75, 3.05) is 0 Å². The van der Waals surface area contributed by atoms with Crippen molar-refractivity contribution in [3.05, 3.63) is 59.7 Å². The molecule has 1 aromatic carbocycles. The van der Waals surface area contributed by atoms with E-state index in [0.717, 1.165) is 30.4 Å². The van der Waals surface area contributed by atoms with Gasteiger partial charge in [0, 0.05) is 12.8 Å². The molecule has 6 heteroatoms. The zero-order valence-corrected chi connectivity index (χ0v) is 18.8. The van der Waals surface area contributed by atoms with Crippen LogP contribution in [0.3, 0.4) is 0 Å². The number of allylic oxidation sites excluding steroid dienone is 3. The van der Waals surface area contributed by atoms with Crippen molar-refractivity contribution in [1.29, 1.82) is 0 Å². The quantitative estimate of drug-likeness (QED) is 0.507. The first kappa shape index (κ1) is 24.4. The van der Waals surface area contributed by atoms with Crippen molar-refractivity contribution in [2.24, 2.45) is 11.1 Å². The molecule has 0 heterocycles. The van der Waals surface area contributed by atoms with Gasteiger partial charge in [-0.15, -0.1) is 0 Å². The largest absolute Gasteiger partial charge is 0.368 e. The summed E-state index contributed by atoms with van der Waals surface area (Å²) in [6.45, 7) is 6.08. The maximum atomic E-state index is 13.1. The van der Waals surface area contributed by atoms with Crippen LogP contribution in [-0.2, 0) is 20.8 Å². The minimum absolute atomic E-state index is 0.158. The highest BCUT2D eigenvalue weighted by atomic mass is 16.2. The van der Waals surface area contributed by atoms with Gasteiger partial charge in [0.05, 0.1) is 0 Å². The van der Waals surface area contributed by atoms with Crippen LogP contribution in [0.2, 0.25) is 0 Å². The third-order valence-corrected chi connectivity index (χ3v) is 5.76. The minimum Gasteiger partial charge on any atom is -0.368 e. The van der Waals surface area contributed by atoms with Crippen LogP contribution in [0.15, 0.2) is 54.1 Å². The smallest absolute Gasteiger partial charge is 0.243 e. The first-order chi connectivity index (χ1) is 14.7. The van der Waals surface area contributed by atoms with E-state index < -0.39 is 23.9 Å². The fraction of sp³-hybridized carbons (Fsp3) is 0.480. The summed E-state index contributed by atoms with van der Waals surface area (Å²) in [5.74, 6) is -1.17. The lowest BCUT2D eigenvalue weighted by molar-refractivity contribution is -0.132. The van der Waals surface area contributed by atoms with Crippen LogP contribution in [-0.4, -0.2) is 29.8 Å². The average molecular weight is 426 g/mol. The molecule has 0 aliphatic heterocycles. The van der Waals surface area contributed by atoms with E-state index in [4.69, 9.17) is 5.73 Å². The summed E-state index contributed by atoms with van der Waals surface area (Å²) in [7, 11) is 0. The first-order valence-electron chi connectivity index (χ1n) is 11.0. The molecule has 3 amide bonds. The molecule has 0 bridgehead atoms.